The van der Waals surface area contributed by atoms with Crippen molar-refractivity contribution in [2.75, 3.05) is 11.9 Å². The number of aliphatic hydroxyl groups excluding tert-OH is 1. The third-order valence-electron chi connectivity index (χ3n) is 2.21. The second-order valence-corrected chi connectivity index (χ2v) is 4.96. The number of benzene rings is 1. The zero-order valence-electron chi connectivity index (χ0n) is 9.63. The van der Waals surface area contributed by atoms with Crippen LogP contribution >= 0.6 is 11.3 Å². The molecule has 17 heavy (non-hydrogen) atoms. The number of hydrogen-bond acceptors (Lipinski definition) is 5. The van der Waals surface area contributed by atoms with Crippen LogP contribution in [0.3, 0.4) is 0 Å². The summed E-state index contributed by atoms with van der Waals surface area (Å²) in [6.45, 7) is 2.24. The van der Waals surface area contributed by atoms with E-state index >= 15 is 0 Å². The van der Waals surface area contributed by atoms with E-state index in [0.717, 1.165) is 16.6 Å². The Morgan fingerprint density at radius 1 is 1.29 bits per heavy atom. The monoisotopic (exact) mass is 249 g/mol. The highest BCUT2D eigenvalue weighted by Gasteiger charge is 2.05. The van der Waals surface area contributed by atoms with Gasteiger partial charge >= 0.3 is 0 Å². The smallest absolute Gasteiger partial charge is 0.205 e. The summed E-state index contributed by atoms with van der Waals surface area (Å²) in [5, 5.41) is 22.1. The van der Waals surface area contributed by atoms with Gasteiger partial charge in [-0.15, -0.1) is 10.2 Å². The first-order valence-electron chi connectivity index (χ1n) is 5.52. The average Bonchev–Trinajstić information content (AvgIpc) is 2.75. The zero-order chi connectivity index (χ0) is 12.1. The quantitative estimate of drug-likeness (QED) is 0.850. The summed E-state index contributed by atoms with van der Waals surface area (Å²) < 4.78 is 0. The molecule has 0 bridgehead atoms. The number of anilines is 1. The molecule has 0 aliphatic heterocycles. The van der Waals surface area contributed by atoms with Gasteiger partial charge in [-0.05, 0) is 12.5 Å². The summed E-state index contributed by atoms with van der Waals surface area (Å²) >= 11 is 1.53. The fourth-order valence-corrected chi connectivity index (χ4v) is 2.18. The van der Waals surface area contributed by atoms with E-state index in [0.29, 0.717) is 6.54 Å². The molecule has 0 spiro atoms. The minimum atomic E-state index is -0.378. The third kappa shape index (κ3) is 3.80. The van der Waals surface area contributed by atoms with Gasteiger partial charge in [0, 0.05) is 13.0 Å². The summed E-state index contributed by atoms with van der Waals surface area (Å²) in [4.78, 5) is 0. The first-order valence-corrected chi connectivity index (χ1v) is 6.34. The van der Waals surface area contributed by atoms with Crippen LogP contribution in [0.5, 0.6) is 0 Å². The first kappa shape index (κ1) is 12.0. The molecule has 1 aromatic carbocycles. The lowest BCUT2D eigenvalue weighted by Crippen LogP contribution is -2.14. The molecule has 90 valence electrons. The summed E-state index contributed by atoms with van der Waals surface area (Å²) in [5.41, 5.74) is 1.23. The largest absolute Gasteiger partial charge is 0.392 e. The van der Waals surface area contributed by atoms with E-state index in [1.807, 2.05) is 18.2 Å². The van der Waals surface area contributed by atoms with Crippen LogP contribution in [0.25, 0.3) is 0 Å². The van der Waals surface area contributed by atoms with Crippen LogP contribution in [-0.4, -0.2) is 28.0 Å². The maximum atomic E-state index is 9.15. The Bertz CT molecular complexity index is 456. The fraction of sp³-hybridized carbons (Fsp3) is 0.333. The number of nitrogens with one attached hydrogen (secondary N) is 1. The molecule has 0 saturated carbocycles. The molecule has 0 fully saturated rings. The molecule has 1 heterocycles. The van der Waals surface area contributed by atoms with Crippen molar-refractivity contribution in [3.8, 4) is 0 Å². The highest BCUT2D eigenvalue weighted by molar-refractivity contribution is 7.15. The van der Waals surface area contributed by atoms with Gasteiger partial charge in [0.05, 0.1) is 6.10 Å². The van der Waals surface area contributed by atoms with Gasteiger partial charge < -0.3 is 10.4 Å². The van der Waals surface area contributed by atoms with Gasteiger partial charge in [-0.1, -0.05) is 41.7 Å². The van der Waals surface area contributed by atoms with E-state index in [4.69, 9.17) is 5.11 Å². The maximum Gasteiger partial charge on any atom is 0.205 e. The molecule has 0 aliphatic rings. The number of rotatable bonds is 5. The molecule has 1 aromatic heterocycles. The lowest BCUT2D eigenvalue weighted by atomic mass is 10.2. The molecule has 5 heteroatoms. The number of aromatic nitrogens is 2. The SMILES string of the molecule is C[C@@H](O)CNc1nnc(Cc2ccccc2)s1. The molecule has 2 aromatic rings. The van der Waals surface area contributed by atoms with Gasteiger partial charge in [0.25, 0.3) is 0 Å². The van der Waals surface area contributed by atoms with Gasteiger partial charge in [-0.3, -0.25) is 0 Å². The molecule has 2 rings (SSSR count). The Balaban J connectivity index is 1.94. The molecule has 2 N–H and O–H groups in total. The molecule has 4 nitrogen and oxygen atoms in total. The minimum Gasteiger partial charge on any atom is -0.392 e. The number of aliphatic hydroxyl groups is 1. The predicted octanol–water partition coefficient (Wildman–Crippen LogP) is 1.92. The Labute approximate surface area is 104 Å². The molecule has 0 saturated heterocycles. The second kappa shape index (κ2) is 5.75. The van der Waals surface area contributed by atoms with Crippen LogP contribution in [0.4, 0.5) is 5.13 Å². The minimum absolute atomic E-state index is 0.378. The summed E-state index contributed by atoms with van der Waals surface area (Å²) in [5.74, 6) is 0. The molecular weight excluding hydrogens is 234 g/mol. The number of hydrogen-bond donors (Lipinski definition) is 2. The van der Waals surface area contributed by atoms with E-state index in [1.54, 1.807) is 6.92 Å². The topological polar surface area (TPSA) is 58.0 Å². The normalized spacial score (nSPS) is 12.4. The summed E-state index contributed by atoms with van der Waals surface area (Å²) in [6, 6.07) is 10.2. The van der Waals surface area contributed by atoms with E-state index in [2.05, 4.69) is 27.6 Å². The highest BCUT2D eigenvalue weighted by Crippen LogP contribution is 2.18. The van der Waals surface area contributed by atoms with Crippen LogP contribution in [-0.2, 0) is 6.42 Å². The van der Waals surface area contributed by atoms with E-state index in [1.165, 1.54) is 16.9 Å². The van der Waals surface area contributed by atoms with E-state index in [9.17, 15) is 0 Å². The lowest BCUT2D eigenvalue weighted by molar-refractivity contribution is 0.208. The molecule has 0 radical (unpaired) electrons. The molecule has 1 atom stereocenters. The van der Waals surface area contributed by atoms with Crippen LogP contribution in [0.15, 0.2) is 30.3 Å². The van der Waals surface area contributed by atoms with Crippen molar-refractivity contribution in [3.05, 3.63) is 40.9 Å². The van der Waals surface area contributed by atoms with Crippen molar-refractivity contribution >= 4 is 16.5 Å². The van der Waals surface area contributed by atoms with Crippen LogP contribution in [0.1, 0.15) is 17.5 Å². The van der Waals surface area contributed by atoms with Crippen molar-refractivity contribution in [3.63, 3.8) is 0 Å². The summed E-state index contributed by atoms with van der Waals surface area (Å²) in [7, 11) is 0. The molecular formula is C12H15N3OS. The Kier molecular flexibility index (Phi) is 4.06. The van der Waals surface area contributed by atoms with Gasteiger partial charge in [0.1, 0.15) is 5.01 Å². The van der Waals surface area contributed by atoms with Crippen LogP contribution in [0, 0.1) is 0 Å². The van der Waals surface area contributed by atoms with Crippen molar-refractivity contribution in [2.45, 2.75) is 19.4 Å². The molecule has 0 unspecified atom stereocenters. The Morgan fingerprint density at radius 2 is 2.06 bits per heavy atom. The predicted molar refractivity (Wildman–Crippen MR) is 69.3 cm³/mol. The fourth-order valence-electron chi connectivity index (χ4n) is 1.40. The van der Waals surface area contributed by atoms with Crippen LogP contribution in [0.2, 0.25) is 0 Å². The third-order valence-corrected chi connectivity index (χ3v) is 3.09. The van der Waals surface area contributed by atoms with Crippen molar-refractivity contribution < 1.29 is 5.11 Å². The zero-order valence-corrected chi connectivity index (χ0v) is 10.4. The first-order chi connectivity index (χ1) is 8.24. The Morgan fingerprint density at radius 3 is 2.76 bits per heavy atom. The van der Waals surface area contributed by atoms with Gasteiger partial charge in [0.2, 0.25) is 5.13 Å². The highest BCUT2D eigenvalue weighted by atomic mass is 32.1. The van der Waals surface area contributed by atoms with Crippen LogP contribution < -0.4 is 5.32 Å². The Hall–Kier alpha value is -1.46. The lowest BCUT2D eigenvalue weighted by Gasteiger charge is -2.02. The number of nitrogens with zero attached hydrogens (tertiary/aromatic N) is 2. The van der Waals surface area contributed by atoms with E-state index in [-0.39, 0.29) is 6.10 Å². The summed E-state index contributed by atoms with van der Waals surface area (Å²) in [6.07, 6.45) is 0.422. The van der Waals surface area contributed by atoms with E-state index < -0.39 is 0 Å². The van der Waals surface area contributed by atoms with Gasteiger partial charge in [0.15, 0.2) is 0 Å². The second-order valence-electron chi connectivity index (χ2n) is 3.89. The molecule has 0 aliphatic carbocycles. The van der Waals surface area contributed by atoms with Gasteiger partial charge in [-0.25, -0.2) is 0 Å². The average molecular weight is 249 g/mol. The van der Waals surface area contributed by atoms with Crippen molar-refractivity contribution in [1.82, 2.24) is 10.2 Å². The molecule has 0 amide bonds. The maximum absolute atomic E-state index is 9.15. The van der Waals surface area contributed by atoms with Crippen molar-refractivity contribution in [2.24, 2.45) is 0 Å². The standard InChI is InChI=1S/C12H15N3OS/c1-9(16)8-13-12-15-14-11(17-12)7-10-5-3-2-4-6-10/h2-6,9,16H,7-8H2,1H3,(H,13,15)/t9-/m1/s1. The van der Waals surface area contributed by atoms with Crippen molar-refractivity contribution in [1.29, 1.82) is 0 Å². The van der Waals surface area contributed by atoms with Gasteiger partial charge in [-0.2, -0.15) is 0 Å².